The Balaban J connectivity index is 1.65. The zero-order valence-corrected chi connectivity index (χ0v) is 19.3. The zero-order valence-electron chi connectivity index (χ0n) is 19.3. The number of nitrogens with one attached hydrogen (secondary N) is 1. The third-order valence-electron chi connectivity index (χ3n) is 5.06. The van der Waals surface area contributed by atoms with Gasteiger partial charge in [-0.15, -0.1) is 5.10 Å². The highest BCUT2D eigenvalue weighted by molar-refractivity contribution is 6.04. The van der Waals surface area contributed by atoms with Crippen molar-refractivity contribution in [3.8, 4) is 23.1 Å². The number of nitrogens with zero attached hydrogens (tertiary/aromatic N) is 3. The van der Waals surface area contributed by atoms with Crippen LogP contribution in [-0.2, 0) is 6.18 Å². The van der Waals surface area contributed by atoms with E-state index in [1.165, 1.54) is 16.8 Å². The smallest absolute Gasteiger partial charge is 0.416 e. The normalized spacial score (nSPS) is 11.5. The van der Waals surface area contributed by atoms with Gasteiger partial charge in [0.15, 0.2) is 5.82 Å². The van der Waals surface area contributed by atoms with Crippen LogP contribution in [0, 0.1) is 6.92 Å². The number of benzene rings is 3. The van der Waals surface area contributed by atoms with E-state index in [4.69, 9.17) is 4.74 Å². The molecule has 0 aliphatic carbocycles. The second-order valence-electron chi connectivity index (χ2n) is 8.24. The molecule has 9 heteroatoms. The number of carbonyl (C=O) groups is 1. The van der Waals surface area contributed by atoms with Gasteiger partial charge in [0.05, 0.1) is 17.4 Å². The summed E-state index contributed by atoms with van der Waals surface area (Å²) in [4.78, 5) is 16.8. The maximum atomic E-state index is 13.3. The van der Waals surface area contributed by atoms with E-state index in [-0.39, 0.29) is 29.4 Å². The number of ether oxygens (including phenoxy) is 1. The number of halogens is 3. The van der Waals surface area contributed by atoms with Crippen LogP contribution < -0.4 is 10.1 Å². The highest BCUT2D eigenvalue weighted by atomic mass is 19.4. The second kappa shape index (κ2) is 9.61. The second-order valence-corrected chi connectivity index (χ2v) is 8.24. The lowest BCUT2D eigenvalue weighted by molar-refractivity contribution is -0.137. The lowest BCUT2D eigenvalue weighted by Gasteiger charge is -2.10. The van der Waals surface area contributed by atoms with Gasteiger partial charge < -0.3 is 10.1 Å². The Kier molecular flexibility index (Phi) is 6.59. The fourth-order valence-corrected chi connectivity index (χ4v) is 3.35. The average molecular weight is 480 g/mol. The number of alkyl halides is 3. The number of aromatic nitrogens is 3. The summed E-state index contributed by atoms with van der Waals surface area (Å²) >= 11 is 0. The van der Waals surface area contributed by atoms with Crippen molar-refractivity contribution in [1.29, 1.82) is 0 Å². The lowest BCUT2D eigenvalue weighted by Crippen LogP contribution is -2.12. The van der Waals surface area contributed by atoms with Crippen LogP contribution in [0.15, 0.2) is 72.8 Å². The molecule has 1 heterocycles. The Bertz CT molecular complexity index is 1330. The van der Waals surface area contributed by atoms with Crippen molar-refractivity contribution in [3.63, 3.8) is 0 Å². The number of hydrogen-bond donors (Lipinski definition) is 1. The summed E-state index contributed by atoms with van der Waals surface area (Å²) in [6, 6.07) is 18.9. The molecule has 3 aromatic carbocycles. The topological polar surface area (TPSA) is 69.0 Å². The molecule has 0 fully saturated rings. The Hall–Kier alpha value is -4.14. The number of rotatable bonds is 6. The summed E-state index contributed by atoms with van der Waals surface area (Å²) in [6.45, 7) is 5.54. The van der Waals surface area contributed by atoms with Crippen LogP contribution in [0.5, 0.6) is 6.01 Å². The quantitative estimate of drug-likeness (QED) is 0.352. The Labute approximate surface area is 200 Å². The van der Waals surface area contributed by atoms with Crippen molar-refractivity contribution in [2.24, 2.45) is 0 Å². The summed E-state index contributed by atoms with van der Waals surface area (Å²) in [7, 11) is 0. The van der Waals surface area contributed by atoms with Crippen molar-refractivity contribution < 1.29 is 22.7 Å². The summed E-state index contributed by atoms with van der Waals surface area (Å²) in [6.07, 6.45) is -4.71. The molecular formula is C26H23F3N4O2. The monoisotopic (exact) mass is 480 g/mol. The van der Waals surface area contributed by atoms with Crippen LogP contribution in [-0.4, -0.2) is 26.8 Å². The minimum Gasteiger partial charge on any atom is -0.460 e. The standard InChI is InChI=1S/C26H23F3N4O2/c1-16(2)35-25-31-23(19-5-4-6-20(15-19)26(27,28)29)33(32-25)22-13-11-21(12-14-22)30-24(34)18-9-7-17(3)8-10-18/h4-16H,1-3H3,(H,30,34). The van der Waals surface area contributed by atoms with Gasteiger partial charge in [0.25, 0.3) is 5.91 Å². The van der Waals surface area contributed by atoms with Crippen LogP contribution in [0.1, 0.15) is 35.3 Å². The molecule has 4 aromatic rings. The molecule has 180 valence electrons. The third kappa shape index (κ3) is 5.68. The molecule has 0 aliphatic heterocycles. The van der Waals surface area contributed by atoms with Gasteiger partial charge in [-0.25, -0.2) is 4.68 Å². The molecular weight excluding hydrogens is 457 g/mol. The Morgan fingerprint density at radius 2 is 1.69 bits per heavy atom. The SMILES string of the molecule is Cc1ccc(C(=O)Nc2ccc(-n3nc(OC(C)C)nc3-c3cccc(C(F)(F)F)c3)cc2)cc1. The first-order chi connectivity index (χ1) is 16.6. The summed E-state index contributed by atoms with van der Waals surface area (Å²) < 4.78 is 46.8. The third-order valence-corrected chi connectivity index (χ3v) is 5.06. The van der Waals surface area contributed by atoms with Crippen molar-refractivity contribution in [2.75, 3.05) is 5.32 Å². The highest BCUT2D eigenvalue weighted by Crippen LogP contribution is 2.33. The van der Waals surface area contributed by atoms with Gasteiger partial charge in [-0.3, -0.25) is 4.79 Å². The van der Waals surface area contributed by atoms with E-state index in [1.807, 2.05) is 19.1 Å². The molecule has 0 unspecified atom stereocenters. The number of amides is 1. The van der Waals surface area contributed by atoms with E-state index in [1.54, 1.807) is 50.2 Å². The van der Waals surface area contributed by atoms with E-state index in [0.717, 1.165) is 17.7 Å². The molecule has 1 aromatic heterocycles. The summed E-state index contributed by atoms with van der Waals surface area (Å²) in [5, 5.41) is 7.17. The van der Waals surface area contributed by atoms with Crippen LogP contribution in [0.2, 0.25) is 0 Å². The van der Waals surface area contributed by atoms with Crippen LogP contribution in [0.25, 0.3) is 17.1 Å². The molecule has 6 nitrogen and oxygen atoms in total. The molecule has 0 atom stereocenters. The van der Waals surface area contributed by atoms with E-state index < -0.39 is 11.7 Å². The predicted molar refractivity (Wildman–Crippen MR) is 127 cm³/mol. The Morgan fingerprint density at radius 3 is 2.31 bits per heavy atom. The molecule has 35 heavy (non-hydrogen) atoms. The van der Waals surface area contributed by atoms with Gasteiger partial charge in [0.2, 0.25) is 0 Å². The van der Waals surface area contributed by atoms with Crippen molar-refractivity contribution in [1.82, 2.24) is 14.8 Å². The summed E-state index contributed by atoms with van der Waals surface area (Å²) in [5.74, 6) is -0.0565. The molecule has 1 N–H and O–H groups in total. The van der Waals surface area contributed by atoms with E-state index in [2.05, 4.69) is 15.4 Å². The van der Waals surface area contributed by atoms with E-state index >= 15 is 0 Å². The van der Waals surface area contributed by atoms with Gasteiger partial charge in [-0.2, -0.15) is 18.2 Å². The van der Waals surface area contributed by atoms with Crippen molar-refractivity contribution in [3.05, 3.63) is 89.5 Å². The number of aryl methyl sites for hydroxylation is 1. The van der Waals surface area contributed by atoms with Gasteiger partial charge in [0, 0.05) is 16.8 Å². The van der Waals surface area contributed by atoms with Crippen LogP contribution in [0.3, 0.4) is 0 Å². The molecule has 0 aliphatic rings. The molecule has 4 rings (SSSR count). The van der Waals surface area contributed by atoms with Crippen molar-refractivity contribution in [2.45, 2.75) is 33.1 Å². The lowest BCUT2D eigenvalue weighted by atomic mass is 10.1. The molecule has 0 bridgehead atoms. The zero-order chi connectivity index (χ0) is 25.2. The molecule has 1 amide bonds. The van der Waals surface area contributed by atoms with E-state index in [0.29, 0.717) is 16.9 Å². The number of anilines is 1. The van der Waals surface area contributed by atoms with Gasteiger partial charge in [-0.1, -0.05) is 29.8 Å². The molecule has 0 saturated heterocycles. The minimum absolute atomic E-state index is 0.0455. The van der Waals surface area contributed by atoms with Gasteiger partial charge in [-0.05, 0) is 69.3 Å². The largest absolute Gasteiger partial charge is 0.460 e. The highest BCUT2D eigenvalue weighted by Gasteiger charge is 2.31. The van der Waals surface area contributed by atoms with Gasteiger partial charge >= 0.3 is 12.2 Å². The molecule has 0 spiro atoms. The number of carbonyl (C=O) groups excluding carboxylic acids is 1. The fraction of sp³-hybridized carbons (Fsp3) is 0.192. The van der Waals surface area contributed by atoms with Crippen molar-refractivity contribution >= 4 is 11.6 Å². The molecule has 0 radical (unpaired) electrons. The summed E-state index contributed by atoms with van der Waals surface area (Å²) in [5.41, 5.74) is 2.12. The predicted octanol–water partition coefficient (Wildman–Crippen LogP) is 6.30. The first-order valence-electron chi connectivity index (χ1n) is 10.9. The first-order valence-corrected chi connectivity index (χ1v) is 10.9. The molecule has 0 saturated carbocycles. The average Bonchev–Trinajstić information content (AvgIpc) is 3.22. The maximum Gasteiger partial charge on any atom is 0.416 e. The van der Waals surface area contributed by atoms with Crippen LogP contribution >= 0.6 is 0 Å². The fourth-order valence-electron chi connectivity index (χ4n) is 3.35. The Morgan fingerprint density at radius 1 is 1.00 bits per heavy atom. The number of hydrogen-bond acceptors (Lipinski definition) is 4. The first kappa shape index (κ1) is 24.0. The minimum atomic E-state index is -4.49. The maximum absolute atomic E-state index is 13.3. The van der Waals surface area contributed by atoms with Gasteiger partial charge in [0.1, 0.15) is 0 Å². The van der Waals surface area contributed by atoms with E-state index in [9.17, 15) is 18.0 Å². The van der Waals surface area contributed by atoms with Crippen LogP contribution in [0.4, 0.5) is 18.9 Å².